The van der Waals surface area contributed by atoms with E-state index in [-0.39, 0.29) is 11.8 Å². The Balaban J connectivity index is 1.70. The zero-order chi connectivity index (χ0) is 17.1. The number of anilines is 1. The molecule has 1 unspecified atom stereocenters. The van der Waals surface area contributed by atoms with E-state index < -0.39 is 0 Å². The van der Waals surface area contributed by atoms with Crippen LogP contribution in [0.2, 0.25) is 0 Å². The van der Waals surface area contributed by atoms with E-state index in [2.05, 4.69) is 25.8 Å². The van der Waals surface area contributed by atoms with Crippen LogP contribution in [-0.4, -0.2) is 31.0 Å². The zero-order valence-corrected chi connectivity index (χ0v) is 13.7. The van der Waals surface area contributed by atoms with Crippen molar-refractivity contribution in [1.82, 2.24) is 25.1 Å². The molecule has 3 aromatic rings. The highest BCUT2D eigenvalue weighted by Crippen LogP contribution is 2.18. The van der Waals surface area contributed by atoms with Crippen LogP contribution < -0.4 is 5.32 Å². The van der Waals surface area contributed by atoms with Crippen molar-refractivity contribution < 1.29 is 9.32 Å². The van der Waals surface area contributed by atoms with Gasteiger partial charge in [0.05, 0.1) is 11.6 Å². The van der Waals surface area contributed by atoms with Crippen LogP contribution in [0.15, 0.2) is 34.9 Å². The predicted octanol–water partition coefficient (Wildman–Crippen LogP) is 2.07. The molecule has 0 aliphatic rings. The number of benzene rings is 1. The molecule has 0 aliphatic carbocycles. The van der Waals surface area contributed by atoms with E-state index in [1.54, 1.807) is 11.6 Å². The first kappa shape index (κ1) is 15.9. The van der Waals surface area contributed by atoms with Gasteiger partial charge in [-0.25, -0.2) is 4.68 Å². The van der Waals surface area contributed by atoms with Crippen LogP contribution in [0, 0.1) is 13.8 Å². The molecule has 124 valence electrons. The van der Waals surface area contributed by atoms with Gasteiger partial charge >= 0.3 is 0 Å². The Hall–Kier alpha value is -3.03. The number of aromatic nitrogens is 5. The number of hydrogen-bond donors (Lipinski definition) is 1. The fourth-order valence-electron chi connectivity index (χ4n) is 2.28. The summed E-state index contributed by atoms with van der Waals surface area (Å²) >= 11 is 0. The van der Waals surface area contributed by atoms with Gasteiger partial charge in [-0.15, -0.1) is 5.10 Å². The molecule has 24 heavy (non-hydrogen) atoms. The van der Waals surface area contributed by atoms with E-state index in [4.69, 9.17) is 4.52 Å². The molecular formula is C16H18N6O2. The van der Waals surface area contributed by atoms with Gasteiger partial charge in [0.15, 0.2) is 11.6 Å². The average molecular weight is 326 g/mol. The van der Waals surface area contributed by atoms with Gasteiger partial charge in [0.25, 0.3) is 0 Å². The summed E-state index contributed by atoms with van der Waals surface area (Å²) in [5.41, 5.74) is 1.67. The molecule has 0 saturated heterocycles. The lowest BCUT2D eigenvalue weighted by Crippen LogP contribution is -2.19. The number of amides is 1. The van der Waals surface area contributed by atoms with Crippen LogP contribution in [0.5, 0.6) is 0 Å². The number of carbonyl (C=O) groups excluding carboxylic acids is 1. The highest BCUT2D eigenvalue weighted by molar-refractivity contribution is 5.95. The second-order valence-electron chi connectivity index (χ2n) is 5.53. The maximum atomic E-state index is 12.4. The Morgan fingerprint density at radius 2 is 2.04 bits per heavy atom. The van der Waals surface area contributed by atoms with E-state index in [1.807, 2.05) is 44.2 Å². The van der Waals surface area contributed by atoms with E-state index in [1.165, 1.54) is 0 Å². The minimum absolute atomic E-state index is 0.133. The topological polar surface area (TPSA) is 98.7 Å². The van der Waals surface area contributed by atoms with Gasteiger partial charge in [-0.2, -0.15) is 4.98 Å². The summed E-state index contributed by atoms with van der Waals surface area (Å²) in [7, 11) is 0. The van der Waals surface area contributed by atoms with Crippen molar-refractivity contribution in [1.29, 1.82) is 0 Å². The third-order valence-corrected chi connectivity index (χ3v) is 3.78. The molecule has 0 saturated carbocycles. The minimum atomic E-state index is -0.282. The smallest absolute Gasteiger partial charge is 0.232 e. The van der Waals surface area contributed by atoms with Crippen molar-refractivity contribution in [3.05, 3.63) is 53.3 Å². The van der Waals surface area contributed by atoms with Crippen LogP contribution in [0.4, 0.5) is 5.82 Å². The number of nitrogens with zero attached hydrogens (tertiary/aromatic N) is 5. The summed E-state index contributed by atoms with van der Waals surface area (Å²) in [6.07, 6.45) is 0. The summed E-state index contributed by atoms with van der Waals surface area (Å²) < 4.78 is 6.55. The number of aryl methyl sites for hydroxylation is 1. The van der Waals surface area contributed by atoms with E-state index >= 15 is 0 Å². The summed E-state index contributed by atoms with van der Waals surface area (Å²) in [4.78, 5) is 16.5. The first-order valence-corrected chi connectivity index (χ1v) is 7.59. The van der Waals surface area contributed by atoms with Gasteiger partial charge in [0.2, 0.25) is 11.8 Å². The van der Waals surface area contributed by atoms with Gasteiger partial charge in [-0.05, 0) is 19.4 Å². The Morgan fingerprint density at radius 1 is 1.29 bits per heavy atom. The Kier molecular flexibility index (Phi) is 4.37. The number of rotatable bonds is 5. The summed E-state index contributed by atoms with van der Waals surface area (Å²) in [6, 6.07) is 9.59. The molecule has 0 aliphatic heterocycles. The first-order chi connectivity index (χ1) is 11.5. The predicted molar refractivity (Wildman–Crippen MR) is 86.4 cm³/mol. The summed E-state index contributed by atoms with van der Waals surface area (Å²) in [6.45, 7) is 5.74. The lowest BCUT2D eigenvalue weighted by molar-refractivity contribution is -0.117. The molecule has 1 amide bonds. The van der Waals surface area contributed by atoms with Crippen LogP contribution >= 0.6 is 0 Å². The molecule has 1 atom stereocenters. The summed E-state index contributed by atoms with van der Waals surface area (Å²) in [5.74, 6) is 1.02. The Bertz CT molecular complexity index is 839. The maximum absolute atomic E-state index is 12.4. The van der Waals surface area contributed by atoms with E-state index in [9.17, 15) is 4.79 Å². The van der Waals surface area contributed by atoms with Gasteiger partial charge in [-0.3, -0.25) is 4.79 Å². The van der Waals surface area contributed by atoms with Gasteiger partial charge in [0, 0.05) is 6.92 Å². The molecule has 1 aromatic carbocycles. The number of hydrogen-bond acceptors (Lipinski definition) is 6. The third-order valence-electron chi connectivity index (χ3n) is 3.78. The lowest BCUT2D eigenvalue weighted by atomic mass is 10.0. The molecule has 2 heterocycles. The molecular weight excluding hydrogens is 308 g/mol. The molecule has 0 radical (unpaired) electrons. The van der Waals surface area contributed by atoms with E-state index in [0.29, 0.717) is 24.1 Å². The van der Waals surface area contributed by atoms with Crippen molar-refractivity contribution in [3.8, 4) is 0 Å². The molecule has 1 N–H and O–H groups in total. The number of nitrogens with one attached hydrogen (secondary N) is 1. The monoisotopic (exact) mass is 326 g/mol. The molecule has 2 aromatic heterocycles. The van der Waals surface area contributed by atoms with Crippen molar-refractivity contribution in [2.24, 2.45) is 0 Å². The Morgan fingerprint density at radius 3 is 2.71 bits per heavy atom. The van der Waals surface area contributed by atoms with Gasteiger partial charge in [0.1, 0.15) is 6.54 Å². The third kappa shape index (κ3) is 3.32. The van der Waals surface area contributed by atoms with Crippen LogP contribution in [-0.2, 0) is 11.3 Å². The minimum Gasteiger partial charge on any atom is -0.340 e. The van der Waals surface area contributed by atoms with Crippen LogP contribution in [0.3, 0.4) is 0 Å². The summed E-state index contributed by atoms with van der Waals surface area (Å²) in [5, 5.41) is 14.7. The molecule has 8 heteroatoms. The van der Waals surface area contributed by atoms with Gasteiger partial charge in [-0.1, -0.05) is 40.7 Å². The highest BCUT2D eigenvalue weighted by Gasteiger charge is 2.19. The standard InChI is InChI=1S/C16H18N6O2/c1-10(13-7-5-4-6-8-13)16(23)18-15-11(2)22(21-19-15)9-14-17-12(3)24-20-14/h4-8,10H,9H2,1-3H3,(H,18,23). The first-order valence-electron chi connectivity index (χ1n) is 7.59. The second-order valence-corrected chi connectivity index (χ2v) is 5.53. The van der Waals surface area contributed by atoms with Gasteiger partial charge < -0.3 is 9.84 Å². The maximum Gasteiger partial charge on any atom is 0.232 e. The molecule has 3 rings (SSSR count). The second kappa shape index (κ2) is 6.61. The van der Waals surface area contributed by atoms with Crippen molar-refractivity contribution >= 4 is 11.7 Å². The fourth-order valence-corrected chi connectivity index (χ4v) is 2.28. The molecule has 0 spiro atoms. The van der Waals surface area contributed by atoms with E-state index in [0.717, 1.165) is 11.3 Å². The largest absolute Gasteiger partial charge is 0.340 e. The zero-order valence-electron chi connectivity index (χ0n) is 13.7. The Labute approximate surface area is 138 Å². The fraction of sp³-hybridized carbons (Fsp3) is 0.312. The van der Waals surface area contributed by atoms with Crippen LogP contribution in [0.25, 0.3) is 0 Å². The van der Waals surface area contributed by atoms with Crippen molar-refractivity contribution in [2.45, 2.75) is 33.2 Å². The quantitative estimate of drug-likeness (QED) is 0.770. The van der Waals surface area contributed by atoms with Crippen molar-refractivity contribution in [2.75, 3.05) is 5.32 Å². The highest BCUT2D eigenvalue weighted by atomic mass is 16.5. The molecule has 0 bridgehead atoms. The average Bonchev–Trinajstić information content (AvgIpc) is 3.15. The molecule has 0 fully saturated rings. The van der Waals surface area contributed by atoms with Crippen molar-refractivity contribution in [3.63, 3.8) is 0 Å². The normalized spacial score (nSPS) is 12.1. The van der Waals surface area contributed by atoms with Crippen LogP contribution in [0.1, 0.15) is 35.8 Å². The SMILES string of the molecule is Cc1nc(Cn2nnc(NC(=O)C(C)c3ccccc3)c2C)no1. The lowest BCUT2D eigenvalue weighted by Gasteiger charge is -2.11. The molecule has 8 nitrogen and oxygen atoms in total. The number of carbonyl (C=O) groups is 1.